The number of anilines is 1. The molecule has 0 radical (unpaired) electrons. The summed E-state index contributed by atoms with van der Waals surface area (Å²) in [7, 11) is 0. The molecule has 3 rings (SSSR count). The Morgan fingerprint density at radius 3 is 2.33 bits per heavy atom. The second-order valence-corrected chi connectivity index (χ2v) is 5.40. The van der Waals surface area contributed by atoms with Crippen molar-refractivity contribution in [3.8, 4) is 5.75 Å². The fourth-order valence-electron chi connectivity index (χ4n) is 2.02. The number of carbonyl (C=O) groups is 2. The number of rotatable bonds is 2. The van der Waals surface area contributed by atoms with Crippen molar-refractivity contribution >= 4 is 34.7 Å². The monoisotopic (exact) mass is 297 g/mol. The van der Waals surface area contributed by atoms with Crippen LogP contribution in [0.5, 0.6) is 5.75 Å². The SMILES string of the molecule is O=C1S/C(=C\c2ccccc2O)C(=O)N1c1ccccc1. The molecule has 0 atom stereocenters. The number of carbonyl (C=O) groups excluding carboxylic acids is 2. The minimum Gasteiger partial charge on any atom is -0.507 e. The zero-order valence-corrected chi connectivity index (χ0v) is 11.7. The van der Waals surface area contributed by atoms with E-state index in [1.807, 2.05) is 6.07 Å². The minimum atomic E-state index is -0.376. The number of imide groups is 1. The fourth-order valence-corrected chi connectivity index (χ4v) is 2.85. The second-order valence-electron chi connectivity index (χ2n) is 4.41. The molecule has 2 aromatic carbocycles. The Morgan fingerprint density at radius 2 is 1.62 bits per heavy atom. The van der Waals surface area contributed by atoms with Crippen LogP contribution < -0.4 is 4.90 Å². The molecule has 1 aliphatic heterocycles. The molecular weight excluding hydrogens is 286 g/mol. The first kappa shape index (κ1) is 13.5. The Labute approximate surface area is 125 Å². The highest BCUT2D eigenvalue weighted by atomic mass is 32.2. The molecule has 1 aliphatic rings. The molecule has 5 heteroatoms. The third-order valence-corrected chi connectivity index (χ3v) is 3.90. The van der Waals surface area contributed by atoms with Crippen molar-refractivity contribution in [3.63, 3.8) is 0 Å². The Hall–Kier alpha value is -2.53. The maximum Gasteiger partial charge on any atom is 0.298 e. The highest BCUT2D eigenvalue weighted by Crippen LogP contribution is 2.36. The van der Waals surface area contributed by atoms with Crippen molar-refractivity contribution in [2.75, 3.05) is 4.90 Å². The summed E-state index contributed by atoms with van der Waals surface area (Å²) in [5, 5.41) is 9.40. The van der Waals surface area contributed by atoms with Crippen LogP contribution in [0.1, 0.15) is 5.56 Å². The molecule has 0 aliphatic carbocycles. The summed E-state index contributed by atoms with van der Waals surface area (Å²) in [6, 6.07) is 15.4. The topological polar surface area (TPSA) is 57.6 Å². The molecule has 2 aromatic rings. The quantitative estimate of drug-likeness (QED) is 0.860. The van der Waals surface area contributed by atoms with Crippen LogP contribution >= 0.6 is 11.8 Å². The zero-order chi connectivity index (χ0) is 14.8. The van der Waals surface area contributed by atoms with E-state index >= 15 is 0 Å². The van der Waals surface area contributed by atoms with E-state index in [0.717, 1.165) is 16.7 Å². The van der Waals surface area contributed by atoms with Crippen molar-refractivity contribution in [3.05, 3.63) is 65.1 Å². The summed E-state index contributed by atoms with van der Waals surface area (Å²) in [6.07, 6.45) is 1.53. The molecule has 0 saturated carbocycles. The maximum absolute atomic E-state index is 12.4. The van der Waals surface area contributed by atoms with Gasteiger partial charge in [-0.25, -0.2) is 4.90 Å². The average Bonchev–Trinajstić information content (AvgIpc) is 2.77. The lowest BCUT2D eigenvalue weighted by atomic mass is 10.2. The molecule has 21 heavy (non-hydrogen) atoms. The standard InChI is InChI=1S/C16H11NO3S/c18-13-9-5-4-6-11(13)10-14-15(19)17(16(20)21-14)12-7-2-1-3-8-12/h1-10,18H/b14-10-. The number of hydrogen-bond acceptors (Lipinski definition) is 4. The summed E-state index contributed by atoms with van der Waals surface area (Å²) in [4.78, 5) is 25.8. The number of aromatic hydroxyl groups is 1. The van der Waals surface area contributed by atoms with E-state index in [2.05, 4.69) is 0 Å². The molecule has 0 aromatic heterocycles. The third kappa shape index (κ3) is 2.55. The molecule has 1 heterocycles. The summed E-state index contributed by atoms with van der Waals surface area (Å²) in [6.45, 7) is 0. The van der Waals surface area contributed by atoms with Crippen LogP contribution in [0.3, 0.4) is 0 Å². The minimum absolute atomic E-state index is 0.0732. The summed E-state index contributed by atoms with van der Waals surface area (Å²) in [5.74, 6) is -0.302. The first-order valence-electron chi connectivity index (χ1n) is 6.28. The number of hydrogen-bond donors (Lipinski definition) is 1. The van der Waals surface area contributed by atoms with E-state index in [0.29, 0.717) is 16.2 Å². The molecule has 1 saturated heterocycles. The van der Waals surface area contributed by atoms with Crippen molar-refractivity contribution < 1.29 is 14.7 Å². The van der Waals surface area contributed by atoms with Gasteiger partial charge >= 0.3 is 0 Å². The van der Waals surface area contributed by atoms with Gasteiger partial charge in [-0.15, -0.1) is 0 Å². The van der Waals surface area contributed by atoms with E-state index in [-0.39, 0.29) is 16.9 Å². The van der Waals surface area contributed by atoms with Gasteiger partial charge < -0.3 is 5.11 Å². The molecule has 0 bridgehead atoms. The predicted molar refractivity (Wildman–Crippen MR) is 83.0 cm³/mol. The average molecular weight is 297 g/mol. The number of para-hydroxylation sites is 2. The fraction of sp³-hybridized carbons (Fsp3) is 0. The van der Waals surface area contributed by atoms with Crippen LogP contribution in [0.2, 0.25) is 0 Å². The number of thioether (sulfide) groups is 1. The molecule has 0 spiro atoms. The summed E-state index contributed by atoms with van der Waals surface area (Å²) >= 11 is 0.868. The van der Waals surface area contributed by atoms with Gasteiger partial charge in [-0.2, -0.15) is 0 Å². The second kappa shape index (κ2) is 5.46. The number of phenols is 1. The molecule has 1 fully saturated rings. The molecule has 1 N–H and O–H groups in total. The highest BCUT2D eigenvalue weighted by molar-refractivity contribution is 8.19. The first-order valence-corrected chi connectivity index (χ1v) is 7.09. The molecule has 0 unspecified atom stereocenters. The number of benzene rings is 2. The van der Waals surface area contributed by atoms with Gasteiger partial charge in [-0.1, -0.05) is 36.4 Å². The van der Waals surface area contributed by atoms with Crippen LogP contribution in [-0.2, 0) is 4.79 Å². The number of amides is 2. The van der Waals surface area contributed by atoms with Gasteiger partial charge in [0.25, 0.3) is 11.1 Å². The van der Waals surface area contributed by atoms with Crippen molar-refractivity contribution in [1.29, 1.82) is 0 Å². The molecule has 2 amide bonds. The predicted octanol–water partition coefficient (Wildman–Crippen LogP) is 3.63. The lowest BCUT2D eigenvalue weighted by Crippen LogP contribution is -2.27. The lowest BCUT2D eigenvalue weighted by molar-refractivity contribution is -0.113. The van der Waals surface area contributed by atoms with Crippen LogP contribution in [0, 0.1) is 0 Å². The van der Waals surface area contributed by atoms with Gasteiger partial charge in [-0.05, 0) is 36.0 Å². The van der Waals surface area contributed by atoms with Crippen LogP contribution in [0.25, 0.3) is 6.08 Å². The number of phenolic OH excluding ortho intramolecular Hbond substituents is 1. The van der Waals surface area contributed by atoms with Gasteiger partial charge in [0.05, 0.1) is 10.6 Å². The molecule has 104 valence electrons. The van der Waals surface area contributed by atoms with E-state index in [1.54, 1.807) is 42.5 Å². The third-order valence-electron chi connectivity index (χ3n) is 3.03. The Morgan fingerprint density at radius 1 is 0.952 bits per heavy atom. The van der Waals surface area contributed by atoms with Crippen molar-refractivity contribution in [2.24, 2.45) is 0 Å². The largest absolute Gasteiger partial charge is 0.507 e. The van der Waals surface area contributed by atoms with Crippen molar-refractivity contribution in [2.45, 2.75) is 0 Å². The molecular formula is C16H11NO3S. The summed E-state index contributed by atoms with van der Waals surface area (Å²) in [5.41, 5.74) is 1.05. The van der Waals surface area contributed by atoms with E-state index in [1.165, 1.54) is 12.1 Å². The first-order chi connectivity index (χ1) is 10.2. The van der Waals surface area contributed by atoms with Crippen molar-refractivity contribution in [1.82, 2.24) is 0 Å². The van der Waals surface area contributed by atoms with Gasteiger partial charge in [0, 0.05) is 5.56 Å². The lowest BCUT2D eigenvalue weighted by Gasteiger charge is -2.11. The molecule has 4 nitrogen and oxygen atoms in total. The Bertz CT molecular complexity index is 740. The zero-order valence-electron chi connectivity index (χ0n) is 10.9. The van der Waals surface area contributed by atoms with Gasteiger partial charge in [-0.3, -0.25) is 9.59 Å². The smallest absolute Gasteiger partial charge is 0.298 e. The van der Waals surface area contributed by atoms with E-state index < -0.39 is 0 Å². The summed E-state index contributed by atoms with van der Waals surface area (Å²) < 4.78 is 0. The van der Waals surface area contributed by atoms with Gasteiger partial charge in [0.2, 0.25) is 0 Å². The number of nitrogens with zero attached hydrogens (tertiary/aromatic N) is 1. The van der Waals surface area contributed by atoms with Crippen LogP contribution in [-0.4, -0.2) is 16.3 Å². The Balaban J connectivity index is 1.96. The van der Waals surface area contributed by atoms with Crippen LogP contribution in [0.4, 0.5) is 10.5 Å². The highest BCUT2D eigenvalue weighted by Gasteiger charge is 2.36. The van der Waals surface area contributed by atoms with Crippen LogP contribution in [0.15, 0.2) is 59.5 Å². The van der Waals surface area contributed by atoms with Gasteiger partial charge in [0.15, 0.2) is 0 Å². The van der Waals surface area contributed by atoms with Gasteiger partial charge in [0.1, 0.15) is 5.75 Å². The maximum atomic E-state index is 12.4. The normalized spacial score (nSPS) is 16.8. The van der Waals surface area contributed by atoms with E-state index in [9.17, 15) is 14.7 Å². The van der Waals surface area contributed by atoms with E-state index in [4.69, 9.17) is 0 Å². The Kier molecular flexibility index (Phi) is 3.50.